The summed E-state index contributed by atoms with van der Waals surface area (Å²) in [7, 11) is 0. The van der Waals surface area contributed by atoms with E-state index in [1.807, 2.05) is 6.92 Å². The van der Waals surface area contributed by atoms with Gasteiger partial charge in [0.05, 0.1) is 28.4 Å². The number of aliphatic imine (C=N–C) groups is 1. The van der Waals surface area contributed by atoms with Crippen molar-refractivity contribution in [1.82, 2.24) is 4.98 Å². The van der Waals surface area contributed by atoms with E-state index in [-0.39, 0.29) is 11.6 Å². The first-order valence-corrected chi connectivity index (χ1v) is 7.85. The molecule has 0 bridgehead atoms. The minimum absolute atomic E-state index is 0.0433. The Bertz CT molecular complexity index is 922. The Morgan fingerprint density at radius 2 is 2.08 bits per heavy atom. The highest BCUT2D eigenvalue weighted by Crippen LogP contribution is 2.29. The van der Waals surface area contributed by atoms with E-state index >= 15 is 0 Å². The number of nitro groups is 1. The van der Waals surface area contributed by atoms with Crippen LogP contribution in [0.15, 0.2) is 65.4 Å². The Hall–Kier alpha value is -3.55. The molecule has 1 aliphatic heterocycles. The van der Waals surface area contributed by atoms with E-state index < -0.39 is 10.9 Å². The third-order valence-corrected chi connectivity index (χ3v) is 3.74. The molecule has 3 rings (SSSR count). The van der Waals surface area contributed by atoms with Crippen molar-refractivity contribution in [3.63, 3.8) is 0 Å². The predicted octanol–water partition coefficient (Wildman–Crippen LogP) is 3.32. The predicted molar refractivity (Wildman–Crippen MR) is 95.9 cm³/mol. The zero-order chi connectivity index (χ0) is 18.7. The maximum Gasteiger partial charge on any atom is 0.346 e. The summed E-state index contributed by atoms with van der Waals surface area (Å²) in [5.41, 5.74) is 2.12. The van der Waals surface area contributed by atoms with Crippen LogP contribution in [0.2, 0.25) is 0 Å². The normalized spacial score (nSPS) is 14.1. The Balaban J connectivity index is 1.96. The molecule has 0 saturated carbocycles. The summed E-state index contributed by atoms with van der Waals surface area (Å²) in [4.78, 5) is 33.0. The van der Waals surface area contributed by atoms with Gasteiger partial charge in [-0.05, 0) is 32.0 Å². The van der Waals surface area contributed by atoms with Gasteiger partial charge in [-0.15, -0.1) is 0 Å². The number of aromatic nitrogens is 1. The molecule has 0 amide bonds. The molecule has 1 aromatic heterocycles. The van der Waals surface area contributed by atoms with Crippen LogP contribution in [0.3, 0.4) is 0 Å². The molecular formula is C18H16N4O4. The number of non-ortho nitro benzene ring substituents is 1. The lowest BCUT2D eigenvalue weighted by Crippen LogP contribution is -2.34. The highest BCUT2D eigenvalue weighted by atomic mass is 16.6. The summed E-state index contributed by atoms with van der Waals surface area (Å²) < 4.78 is 5.56. The van der Waals surface area contributed by atoms with E-state index in [0.717, 1.165) is 5.71 Å². The van der Waals surface area contributed by atoms with Gasteiger partial charge in [0, 0.05) is 30.2 Å². The first-order valence-electron chi connectivity index (χ1n) is 7.85. The van der Waals surface area contributed by atoms with Gasteiger partial charge in [0.1, 0.15) is 0 Å². The number of allylic oxidation sites excluding steroid dienone is 1. The molecule has 2 heterocycles. The number of ether oxygens (including phenoxy) is 1. The molecule has 132 valence electrons. The largest absolute Gasteiger partial charge is 0.404 e. The second kappa shape index (κ2) is 7.14. The van der Waals surface area contributed by atoms with Crippen molar-refractivity contribution in [3.8, 4) is 0 Å². The quantitative estimate of drug-likeness (QED) is 0.475. The molecule has 1 aliphatic rings. The zero-order valence-electron chi connectivity index (χ0n) is 14.2. The Morgan fingerprint density at radius 3 is 2.77 bits per heavy atom. The van der Waals surface area contributed by atoms with Crippen molar-refractivity contribution in [2.24, 2.45) is 4.99 Å². The van der Waals surface area contributed by atoms with Gasteiger partial charge >= 0.3 is 5.97 Å². The number of hydrogen-bond acceptors (Lipinski definition) is 7. The van der Waals surface area contributed by atoms with Crippen molar-refractivity contribution in [2.75, 3.05) is 11.4 Å². The third-order valence-electron chi connectivity index (χ3n) is 3.74. The highest BCUT2D eigenvalue weighted by Gasteiger charge is 2.25. The summed E-state index contributed by atoms with van der Waals surface area (Å²) >= 11 is 0. The number of esters is 1. The average molecular weight is 352 g/mol. The van der Waals surface area contributed by atoms with E-state index in [2.05, 4.69) is 9.98 Å². The SMILES string of the molecule is CC1=NC(C)=C(OC(=O)c2cccnc2)N(c2cccc([N+](=O)[O-])c2)C1. The first kappa shape index (κ1) is 17.3. The summed E-state index contributed by atoms with van der Waals surface area (Å²) in [6.07, 6.45) is 2.97. The number of nitro benzene ring substituents is 1. The maximum absolute atomic E-state index is 12.4. The number of nitrogens with zero attached hydrogens (tertiary/aromatic N) is 4. The lowest BCUT2D eigenvalue weighted by Gasteiger charge is -2.30. The van der Waals surface area contributed by atoms with Gasteiger partial charge in [-0.2, -0.15) is 0 Å². The van der Waals surface area contributed by atoms with Crippen molar-refractivity contribution in [2.45, 2.75) is 13.8 Å². The van der Waals surface area contributed by atoms with Gasteiger partial charge in [-0.3, -0.25) is 20.1 Å². The average Bonchev–Trinajstić information content (AvgIpc) is 2.64. The van der Waals surface area contributed by atoms with Crippen LogP contribution in [0.1, 0.15) is 24.2 Å². The van der Waals surface area contributed by atoms with E-state index in [4.69, 9.17) is 4.74 Å². The van der Waals surface area contributed by atoms with Gasteiger partial charge in [-0.1, -0.05) is 6.07 Å². The molecule has 0 N–H and O–H groups in total. The highest BCUT2D eigenvalue weighted by molar-refractivity contribution is 5.92. The van der Waals surface area contributed by atoms with Crippen molar-refractivity contribution < 1.29 is 14.5 Å². The Labute approximate surface area is 149 Å². The number of hydrogen-bond donors (Lipinski definition) is 0. The lowest BCUT2D eigenvalue weighted by atomic mass is 10.2. The van der Waals surface area contributed by atoms with E-state index in [0.29, 0.717) is 23.5 Å². The fourth-order valence-corrected chi connectivity index (χ4v) is 2.61. The minimum Gasteiger partial charge on any atom is -0.404 e. The summed E-state index contributed by atoms with van der Waals surface area (Å²) in [6, 6.07) is 9.39. The van der Waals surface area contributed by atoms with Gasteiger partial charge in [-0.25, -0.2) is 4.79 Å². The third kappa shape index (κ3) is 3.59. The molecule has 0 atom stereocenters. The van der Waals surface area contributed by atoms with Crippen LogP contribution in [0.25, 0.3) is 0 Å². The van der Waals surface area contributed by atoms with E-state index in [1.165, 1.54) is 18.3 Å². The number of anilines is 1. The molecule has 2 aromatic rings. The van der Waals surface area contributed by atoms with Crippen molar-refractivity contribution >= 4 is 23.1 Å². The number of carbonyl (C=O) groups excluding carboxylic acids is 1. The van der Waals surface area contributed by atoms with Crippen LogP contribution in [0.4, 0.5) is 11.4 Å². The standard InChI is InChI=1S/C18H16N4O4/c1-12-11-21(15-6-3-7-16(9-15)22(24)25)17(13(2)20-12)26-18(23)14-5-4-8-19-10-14/h3-10H,11H2,1-2H3. The number of pyridine rings is 1. The fourth-order valence-electron chi connectivity index (χ4n) is 2.61. The first-order chi connectivity index (χ1) is 12.5. The summed E-state index contributed by atoms with van der Waals surface area (Å²) in [5, 5.41) is 11.1. The lowest BCUT2D eigenvalue weighted by molar-refractivity contribution is -0.384. The molecule has 0 radical (unpaired) electrons. The molecular weight excluding hydrogens is 336 g/mol. The molecule has 26 heavy (non-hydrogen) atoms. The molecule has 1 aromatic carbocycles. The van der Waals surface area contributed by atoms with Gasteiger partial charge in [0.2, 0.25) is 5.88 Å². The van der Waals surface area contributed by atoms with Crippen LogP contribution in [-0.4, -0.2) is 28.1 Å². The Kier molecular flexibility index (Phi) is 4.74. The van der Waals surface area contributed by atoms with Gasteiger partial charge < -0.3 is 9.64 Å². The summed E-state index contributed by atoms with van der Waals surface area (Å²) in [6.45, 7) is 3.92. The smallest absolute Gasteiger partial charge is 0.346 e. The number of carbonyl (C=O) groups is 1. The molecule has 0 aliphatic carbocycles. The van der Waals surface area contributed by atoms with E-state index in [9.17, 15) is 14.9 Å². The molecule has 0 fully saturated rings. The fraction of sp³-hybridized carbons (Fsp3) is 0.167. The van der Waals surface area contributed by atoms with Crippen LogP contribution in [0, 0.1) is 10.1 Å². The van der Waals surface area contributed by atoms with Crippen molar-refractivity contribution in [3.05, 3.63) is 76.0 Å². The van der Waals surface area contributed by atoms with Crippen molar-refractivity contribution in [1.29, 1.82) is 0 Å². The monoisotopic (exact) mass is 352 g/mol. The van der Waals surface area contributed by atoms with Crippen LogP contribution >= 0.6 is 0 Å². The second-order valence-corrected chi connectivity index (χ2v) is 5.73. The molecule has 8 nitrogen and oxygen atoms in total. The van der Waals surface area contributed by atoms with Crippen LogP contribution < -0.4 is 4.90 Å². The molecule has 0 saturated heterocycles. The van der Waals surface area contributed by atoms with Gasteiger partial charge in [0.25, 0.3) is 5.69 Å². The molecule has 8 heteroatoms. The van der Waals surface area contributed by atoms with E-state index in [1.54, 1.807) is 42.3 Å². The van der Waals surface area contributed by atoms with Crippen LogP contribution in [-0.2, 0) is 4.74 Å². The molecule has 0 unspecified atom stereocenters. The van der Waals surface area contributed by atoms with Crippen LogP contribution in [0.5, 0.6) is 0 Å². The minimum atomic E-state index is -0.572. The van der Waals surface area contributed by atoms with Gasteiger partial charge in [0.15, 0.2) is 0 Å². The topological polar surface area (TPSA) is 97.9 Å². The number of rotatable bonds is 4. The maximum atomic E-state index is 12.4. The number of benzene rings is 1. The Morgan fingerprint density at radius 1 is 1.27 bits per heavy atom. The zero-order valence-corrected chi connectivity index (χ0v) is 14.2. The second-order valence-electron chi connectivity index (χ2n) is 5.73. The summed E-state index contributed by atoms with van der Waals surface area (Å²) in [5.74, 6) is -0.331. The molecule has 0 spiro atoms.